The van der Waals surface area contributed by atoms with Crippen LogP contribution in [0.3, 0.4) is 0 Å². The lowest BCUT2D eigenvalue weighted by Gasteiger charge is -2.26. The molecule has 0 saturated heterocycles. The molecule has 1 heterocycles. The molecule has 1 radical (unpaired) electrons. The molecule has 29 heavy (non-hydrogen) atoms. The number of nitrogens with one attached hydrogen (secondary N) is 2. The van der Waals surface area contributed by atoms with E-state index in [1.54, 1.807) is 0 Å². The van der Waals surface area contributed by atoms with Crippen LogP contribution in [0.4, 0.5) is 10.1 Å². The predicted octanol–water partition coefficient (Wildman–Crippen LogP) is 5.56. The number of aromatic nitrogens is 1. The molecule has 3 rings (SSSR count). The van der Waals surface area contributed by atoms with Crippen LogP contribution in [0.2, 0.25) is 0 Å². The van der Waals surface area contributed by atoms with Crippen molar-refractivity contribution >= 4 is 16.6 Å². The van der Waals surface area contributed by atoms with Gasteiger partial charge in [0.2, 0.25) is 0 Å². The van der Waals surface area contributed by atoms with E-state index >= 15 is 0 Å². The Hall–Kier alpha value is -1.88. The fourth-order valence-electron chi connectivity index (χ4n) is 4.40. The highest BCUT2D eigenvalue weighted by Gasteiger charge is 2.19. The maximum absolute atomic E-state index is 15.0. The number of hydrogen-bond donors (Lipinski definition) is 2. The third-order valence-electron chi connectivity index (χ3n) is 6.14. The zero-order valence-corrected chi connectivity index (χ0v) is 18.1. The normalized spacial score (nSPS) is 15.6. The molecule has 0 bridgehead atoms. The fraction of sp³-hybridized carbons (Fsp3) is 0.583. The molecule has 2 aromatic rings. The van der Waals surface area contributed by atoms with E-state index in [0.29, 0.717) is 29.2 Å². The summed E-state index contributed by atoms with van der Waals surface area (Å²) >= 11 is 0. The lowest BCUT2D eigenvalue weighted by Crippen LogP contribution is -2.27. The monoisotopic (exact) mass is 400 g/mol. The lowest BCUT2D eigenvalue weighted by atomic mass is 9.95. The molecule has 2 N–H and O–H groups in total. The first-order chi connectivity index (χ1) is 13.9. The lowest BCUT2D eigenvalue weighted by molar-refractivity contribution is 0.460. The summed E-state index contributed by atoms with van der Waals surface area (Å²) in [6.07, 6.45) is 9.65. The van der Waals surface area contributed by atoms with Crippen LogP contribution in [0.25, 0.3) is 10.9 Å². The van der Waals surface area contributed by atoms with E-state index < -0.39 is 0 Å². The third-order valence-corrected chi connectivity index (χ3v) is 6.14. The highest BCUT2D eigenvalue weighted by atomic mass is 19.1. The van der Waals surface area contributed by atoms with Crippen LogP contribution in [0.1, 0.15) is 77.3 Å². The summed E-state index contributed by atoms with van der Waals surface area (Å²) in [4.78, 5) is 13.1. The van der Waals surface area contributed by atoms with Crippen LogP contribution in [0, 0.1) is 12.7 Å². The molecule has 1 fully saturated rings. The number of anilines is 1. The maximum atomic E-state index is 15.0. The summed E-state index contributed by atoms with van der Waals surface area (Å²) in [5.41, 5.74) is 1.89. The van der Waals surface area contributed by atoms with Gasteiger partial charge in [-0.3, -0.25) is 4.79 Å². The van der Waals surface area contributed by atoms with E-state index in [1.807, 2.05) is 19.2 Å². The molecule has 5 heteroatoms. The summed E-state index contributed by atoms with van der Waals surface area (Å²) in [7, 11) is 0. The van der Waals surface area contributed by atoms with Gasteiger partial charge in [0.15, 0.2) is 5.43 Å². The quantitative estimate of drug-likeness (QED) is 0.610. The molecular formula is C24H35FN3O. The van der Waals surface area contributed by atoms with Crippen molar-refractivity contribution in [3.8, 4) is 0 Å². The summed E-state index contributed by atoms with van der Waals surface area (Å²) < 4.78 is 17.1. The molecule has 1 aliphatic carbocycles. The Morgan fingerprint density at radius 2 is 1.90 bits per heavy atom. The SMILES string of the molecule is [CH2]C(C)NCc1cn(C(CC)CC)c2cc(NC3CCCCC3)c(F)cc2c1=O. The minimum absolute atomic E-state index is 0.0329. The molecule has 0 amide bonds. The van der Waals surface area contributed by atoms with Crippen LogP contribution in [-0.4, -0.2) is 16.7 Å². The van der Waals surface area contributed by atoms with E-state index in [-0.39, 0.29) is 23.3 Å². The minimum Gasteiger partial charge on any atom is -0.380 e. The Balaban J connectivity index is 2.09. The molecule has 1 atom stereocenters. The van der Waals surface area contributed by atoms with Gasteiger partial charge >= 0.3 is 0 Å². The average molecular weight is 401 g/mol. The van der Waals surface area contributed by atoms with Crippen molar-refractivity contribution in [2.45, 2.75) is 90.4 Å². The molecular weight excluding hydrogens is 365 g/mol. The number of halogens is 1. The molecule has 1 aliphatic rings. The maximum Gasteiger partial charge on any atom is 0.193 e. The highest BCUT2D eigenvalue weighted by Crippen LogP contribution is 2.29. The van der Waals surface area contributed by atoms with E-state index in [4.69, 9.17) is 0 Å². The molecule has 0 aliphatic heterocycles. The molecule has 0 spiro atoms. The first-order valence-corrected chi connectivity index (χ1v) is 11.1. The molecule has 4 nitrogen and oxygen atoms in total. The Morgan fingerprint density at radius 1 is 1.21 bits per heavy atom. The van der Waals surface area contributed by atoms with Crippen molar-refractivity contribution in [2.24, 2.45) is 0 Å². The first-order valence-electron chi connectivity index (χ1n) is 11.1. The number of pyridine rings is 1. The molecule has 1 saturated carbocycles. The van der Waals surface area contributed by atoms with Crippen molar-refractivity contribution in [3.05, 3.63) is 46.9 Å². The summed E-state index contributed by atoms with van der Waals surface area (Å²) in [5, 5.41) is 7.08. The molecule has 159 valence electrons. The average Bonchev–Trinajstić information content (AvgIpc) is 2.71. The Kier molecular flexibility index (Phi) is 7.33. The largest absolute Gasteiger partial charge is 0.380 e. The summed E-state index contributed by atoms with van der Waals surface area (Å²) in [5.74, 6) is -0.341. The van der Waals surface area contributed by atoms with Crippen LogP contribution < -0.4 is 16.1 Å². The van der Waals surface area contributed by atoms with Crippen molar-refractivity contribution in [3.63, 3.8) is 0 Å². The number of fused-ring (bicyclic) bond motifs is 1. The Morgan fingerprint density at radius 3 is 2.52 bits per heavy atom. The van der Waals surface area contributed by atoms with Crippen molar-refractivity contribution in [1.82, 2.24) is 9.88 Å². The van der Waals surface area contributed by atoms with Gasteiger partial charge in [-0.25, -0.2) is 4.39 Å². The zero-order chi connectivity index (χ0) is 21.0. The second-order valence-corrected chi connectivity index (χ2v) is 8.47. The standard InChI is InChI=1S/C24H35FN3O/c1-5-19(6-2)28-15-17(14-26-16(3)4)24(29)20-12-21(25)22(13-23(20)28)27-18-10-8-7-9-11-18/h12-13,15-16,18-19,26-27H,3,5-11,14H2,1-2,4H3. The van der Waals surface area contributed by atoms with E-state index in [2.05, 4.69) is 36.0 Å². The van der Waals surface area contributed by atoms with Gasteiger partial charge in [0.1, 0.15) is 5.82 Å². The smallest absolute Gasteiger partial charge is 0.193 e. The van der Waals surface area contributed by atoms with Crippen molar-refractivity contribution in [1.29, 1.82) is 0 Å². The molecule has 1 aromatic heterocycles. The first kappa shape index (κ1) is 21.8. The second-order valence-electron chi connectivity index (χ2n) is 8.47. The predicted molar refractivity (Wildman–Crippen MR) is 120 cm³/mol. The van der Waals surface area contributed by atoms with E-state index in [9.17, 15) is 9.18 Å². The van der Waals surface area contributed by atoms with Gasteiger partial charge in [-0.1, -0.05) is 33.1 Å². The number of benzene rings is 1. The van der Waals surface area contributed by atoms with Gasteiger partial charge in [-0.15, -0.1) is 0 Å². The minimum atomic E-state index is -0.341. The molecule has 1 unspecified atom stereocenters. The summed E-state index contributed by atoms with van der Waals surface area (Å²) in [6, 6.07) is 3.89. The van der Waals surface area contributed by atoms with Gasteiger partial charge in [-0.05, 0) is 51.7 Å². The zero-order valence-electron chi connectivity index (χ0n) is 18.1. The topological polar surface area (TPSA) is 46.1 Å². The fourth-order valence-corrected chi connectivity index (χ4v) is 4.40. The second kappa shape index (κ2) is 9.75. The van der Waals surface area contributed by atoms with Gasteiger partial charge in [0.25, 0.3) is 0 Å². The van der Waals surface area contributed by atoms with Crippen LogP contribution in [0.15, 0.2) is 23.1 Å². The van der Waals surface area contributed by atoms with Crippen LogP contribution in [0.5, 0.6) is 0 Å². The molecule has 1 aromatic carbocycles. The Bertz CT molecular complexity index is 880. The summed E-state index contributed by atoms with van der Waals surface area (Å²) in [6.45, 7) is 10.6. The van der Waals surface area contributed by atoms with Gasteiger partial charge < -0.3 is 15.2 Å². The Labute approximate surface area is 173 Å². The third kappa shape index (κ3) is 5.00. The van der Waals surface area contributed by atoms with E-state index in [1.165, 1.54) is 25.3 Å². The van der Waals surface area contributed by atoms with Gasteiger partial charge in [0.05, 0.1) is 11.2 Å². The van der Waals surface area contributed by atoms with Crippen molar-refractivity contribution in [2.75, 3.05) is 5.32 Å². The van der Waals surface area contributed by atoms with Crippen molar-refractivity contribution < 1.29 is 4.39 Å². The number of rotatable bonds is 8. The number of nitrogens with zero attached hydrogens (tertiary/aromatic N) is 1. The number of hydrogen-bond acceptors (Lipinski definition) is 3. The van der Waals surface area contributed by atoms with E-state index in [0.717, 1.165) is 31.2 Å². The van der Waals surface area contributed by atoms with Gasteiger partial charge in [-0.2, -0.15) is 0 Å². The highest BCUT2D eigenvalue weighted by molar-refractivity contribution is 5.83. The van der Waals surface area contributed by atoms with Crippen LogP contribution >= 0.6 is 0 Å². The van der Waals surface area contributed by atoms with Crippen LogP contribution in [-0.2, 0) is 6.54 Å². The van der Waals surface area contributed by atoms with Gasteiger partial charge in [0, 0.05) is 41.8 Å².